The molecule has 26 heavy (non-hydrogen) atoms. The number of methoxy groups -OCH3 is 5. The molecule has 0 radical (unpaired) electrons. The monoisotopic (exact) mass is 424 g/mol. The minimum atomic E-state index is 0.240. The summed E-state index contributed by atoms with van der Waals surface area (Å²) in [6, 6.07) is 7.79. The number of rotatable bonds is 8. The summed E-state index contributed by atoms with van der Waals surface area (Å²) < 4.78 is 28.4. The molecule has 6 heteroatoms. The van der Waals surface area contributed by atoms with Gasteiger partial charge in [-0.15, -0.1) is 0 Å². The second-order valence-corrected chi connectivity index (χ2v) is 7.09. The van der Waals surface area contributed by atoms with Crippen molar-refractivity contribution >= 4 is 25.0 Å². The van der Waals surface area contributed by atoms with Crippen LogP contribution in [0.2, 0.25) is 5.82 Å². The predicted octanol–water partition coefficient (Wildman–Crippen LogP) is 3.17. The van der Waals surface area contributed by atoms with Crippen LogP contribution in [0.5, 0.6) is 28.7 Å². The van der Waals surface area contributed by atoms with Crippen LogP contribution in [0.4, 0.5) is 0 Å². The Bertz CT molecular complexity index is 685. The summed E-state index contributed by atoms with van der Waals surface area (Å²) in [5, 5.41) is 0. The van der Waals surface area contributed by atoms with Crippen molar-refractivity contribution in [1.82, 2.24) is 0 Å². The van der Waals surface area contributed by atoms with E-state index in [1.807, 2.05) is 18.2 Å². The topological polar surface area (TPSA) is 46.2 Å². The predicted molar refractivity (Wildman–Crippen MR) is 105 cm³/mol. The van der Waals surface area contributed by atoms with Crippen LogP contribution in [0, 0.1) is 0 Å². The molecule has 0 atom stereocenters. The molecule has 2 aromatic rings. The number of hydrogen-bond acceptors (Lipinski definition) is 5. The first-order valence-corrected chi connectivity index (χ1v) is 10.4. The summed E-state index contributed by atoms with van der Waals surface area (Å²) in [5.41, 5.74) is 2.66. The van der Waals surface area contributed by atoms with E-state index < -0.39 is 0 Å². The number of ether oxygens (including phenoxy) is 5. The van der Waals surface area contributed by atoms with E-state index in [0.29, 0.717) is 23.0 Å². The Morgan fingerprint density at radius 2 is 1.12 bits per heavy atom. The number of benzene rings is 2. The van der Waals surface area contributed by atoms with Crippen molar-refractivity contribution in [2.75, 3.05) is 35.5 Å². The Balaban J connectivity index is 2.59. The fourth-order valence-electron chi connectivity index (χ4n) is 2.68. The van der Waals surface area contributed by atoms with Gasteiger partial charge in [-0.25, -0.2) is 0 Å². The Morgan fingerprint density at radius 1 is 0.692 bits per heavy atom. The van der Waals surface area contributed by atoms with Crippen molar-refractivity contribution < 1.29 is 23.7 Å². The standard InChI is InChI=1S/C20H24O5Se/c1-12(13-8-15(21-2)19(24-5)16(9-13)22-3)14-10-17(23-4)20(25-6)18(11-14)26-7/h8-11H,1H2,2-7H3. The maximum absolute atomic E-state index is 5.51. The third-order valence-corrected chi connectivity index (χ3v) is 5.59. The summed E-state index contributed by atoms with van der Waals surface area (Å²) >= 11 is 0.240. The molecule has 0 aliphatic rings. The van der Waals surface area contributed by atoms with E-state index in [1.165, 1.54) is 0 Å². The van der Waals surface area contributed by atoms with Gasteiger partial charge in [-0.1, -0.05) is 0 Å². The molecule has 140 valence electrons. The molecule has 5 nitrogen and oxygen atoms in total. The molecule has 0 saturated carbocycles. The molecule has 0 heterocycles. The van der Waals surface area contributed by atoms with Crippen LogP contribution in [-0.2, 0) is 0 Å². The molecule has 0 bridgehead atoms. The van der Waals surface area contributed by atoms with Crippen LogP contribution in [0.25, 0.3) is 5.57 Å². The van der Waals surface area contributed by atoms with Gasteiger partial charge in [0, 0.05) is 0 Å². The summed E-state index contributed by atoms with van der Waals surface area (Å²) in [5.74, 6) is 5.33. The summed E-state index contributed by atoms with van der Waals surface area (Å²) in [7, 11) is 8.06. The average molecular weight is 423 g/mol. The summed E-state index contributed by atoms with van der Waals surface area (Å²) in [6.45, 7) is 4.27. The molecule has 2 aromatic carbocycles. The zero-order chi connectivity index (χ0) is 19.3. The molecule has 0 aromatic heterocycles. The SMILES string of the molecule is C=C(c1cc(OC)c(OC)c(OC)c1)c1cc(OC)c(OC)c([Se]C)c1. The molecule has 0 fully saturated rings. The fourth-order valence-corrected chi connectivity index (χ4v) is 3.97. The molecular weight excluding hydrogens is 399 g/mol. The normalized spacial score (nSPS) is 10.2. The van der Waals surface area contributed by atoms with Crippen molar-refractivity contribution in [3.8, 4) is 28.7 Å². The van der Waals surface area contributed by atoms with Gasteiger partial charge < -0.3 is 0 Å². The second kappa shape index (κ2) is 8.88. The van der Waals surface area contributed by atoms with Crippen LogP contribution in [-0.4, -0.2) is 50.5 Å². The molecule has 0 aliphatic heterocycles. The van der Waals surface area contributed by atoms with Crippen LogP contribution < -0.4 is 28.1 Å². The van der Waals surface area contributed by atoms with Gasteiger partial charge in [0.2, 0.25) is 0 Å². The zero-order valence-corrected chi connectivity index (χ0v) is 17.7. The second-order valence-electron chi connectivity index (χ2n) is 5.31. The summed E-state index contributed by atoms with van der Waals surface area (Å²) in [6.07, 6.45) is 0. The Morgan fingerprint density at radius 3 is 1.50 bits per heavy atom. The van der Waals surface area contributed by atoms with E-state index in [1.54, 1.807) is 35.5 Å². The van der Waals surface area contributed by atoms with Gasteiger partial charge in [-0.3, -0.25) is 0 Å². The molecule has 0 amide bonds. The first-order chi connectivity index (χ1) is 12.5. The molecule has 0 N–H and O–H groups in total. The van der Waals surface area contributed by atoms with Gasteiger partial charge >= 0.3 is 161 Å². The van der Waals surface area contributed by atoms with E-state index in [0.717, 1.165) is 26.9 Å². The van der Waals surface area contributed by atoms with Gasteiger partial charge in [0.05, 0.1) is 0 Å². The van der Waals surface area contributed by atoms with Crippen LogP contribution >= 0.6 is 0 Å². The first kappa shape index (κ1) is 20.0. The fraction of sp³-hybridized carbons (Fsp3) is 0.300. The van der Waals surface area contributed by atoms with Gasteiger partial charge in [0.15, 0.2) is 0 Å². The number of hydrogen-bond donors (Lipinski definition) is 0. The van der Waals surface area contributed by atoms with E-state index in [2.05, 4.69) is 18.5 Å². The van der Waals surface area contributed by atoms with Crippen molar-refractivity contribution in [3.05, 3.63) is 42.0 Å². The maximum atomic E-state index is 5.51. The molecule has 0 saturated heterocycles. The van der Waals surface area contributed by atoms with Crippen molar-refractivity contribution in [1.29, 1.82) is 0 Å². The Hall–Kier alpha value is -2.30. The van der Waals surface area contributed by atoms with Crippen molar-refractivity contribution in [2.24, 2.45) is 0 Å². The van der Waals surface area contributed by atoms with Crippen LogP contribution in [0.3, 0.4) is 0 Å². The third kappa shape index (κ3) is 3.76. The molecule has 0 aliphatic carbocycles. The van der Waals surface area contributed by atoms with Crippen molar-refractivity contribution in [3.63, 3.8) is 0 Å². The zero-order valence-electron chi connectivity index (χ0n) is 16.0. The summed E-state index contributed by atoms with van der Waals surface area (Å²) in [4.78, 5) is 0. The van der Waals surface area contributed by atoms with Gasteiger partial charge in [0.25, 0.3) is 0 Å². The van der Waals surface area contributed by atoms with Gasteiger partial charge in [-0.2, -0.15) is 0 Å². The van der Waals surface area contributed by atoms with Crippen LogP contribution in [0.15, 0.2) is 30.8 Å². The van der Waals surface area contributed by atoms with E-state index in [4.69, 9.17) is 23.7 Å². The first-order valence-electron chi connectivity index (χ1n) is 7.84. The average Bonchev–Trinajstić information content (AvgIpc) is 2.70. The minimum absolute atomic E-state index is 0.240. The van der Waals surface area contributed by atoms with Gasteiger partial charge in [-0.05, 0) is 0 Å². The van der Waals surface area contributed by atoms with E-state index in [9.17, 15) is 0 Å². The molecule has 2 rings (SSSR count). The van der Waals surface area contributed by atoms with Gasteiger partial charge in [0.1, 0.15) is 0 Å². The van der Waals surface area contributed by atoms with E-state index in [-0.39, 0.29) is 15.0 Å². The Kier molecular flexibility index (Phi) is 6.83. The van der Waals surface area contributed by atoms with Crippen molar-refractivity contribution in [2.45, 2.75) is 5.82 Å². The quantitative estimate of drug-likeness (QED) is 0.611. The van der Waals surface area contributed by atoms with Crippen LogP contribution in [0.1, 0.15) is 11.1 Å². The van der Waals surface area contributed by atoms with E-state index >= 15 is 0 Å². The molecule has 0 unspecified atom stereocenters. The Labute approximate surface area is 161 Å². The molecule has 0 spiro atoms. The third-order valence-electron chi connectivity index (χ3n) is 4.03. The molecular formula is C20H24O5Se.